The number of nitrogens with two attached hydrogens (primary N) is 1. The minimum absolute atomic E-state index is 0.164. The third-order valence-corrected chi connectivity index (χ3v) is 3.26. The highest BCUT2D eigenvalue weighted by atomic mass is 16.6. The number of ether oxygens (including phenoxy) is 1. The number of hydrogen-bond donors (Lipinski definition) is 2. The maximum Gasteiger partial charge on any atom is 0.410 e. The van der Waals surface area contributed by atoms with Gasteiger partial charge in [0.25, 0.3) is 0 Å². The first-order chi connectivity index (χ1) is 9.28. The van der Waals surface area contributed by atoms with Crippen molar-refractivity contribution in [3.63, 3.8) is 0 Å². The Balaban J connectivity index is 2.12. The third kappa shape index (κ3) is 3.09. The molecule has 0 bridgehead atoms. The lowest BCUT2D eigenvalue weighted by Gasteiger charge is -2.24. The van der Waals surface area contributed by atoms with Gasteiger partial charge in [-0.1, -0.05) is 0 Å². The van der Waals surface area contributed by atoms with Crippen molar-refractivity contribution >= 4 is 12.0 Å². The van der Waals surface area contributed by atoms with Gasteiger partial charge in [0, 0.05) is 30.9 Å². The Kier molecular flexibility index (Phi) is 3.69. The Morgan fingerprint density at radius 3 is 2.65 bits per heavy atom. The molecule has 1 aliphatic rings. The minimum atomic E-state index is -0.564. The zero-order valence-corrected chi connectivity index (χ0v) is 11.9. The molecule has 0 saturated carbocycles. The Morgan fingerprint density at radius 2 is 2.15 bits per heavy atom. The van der Waals surface area contributed by atoms with Crippen molar-refractivity contribution in [3.8, 4) is 0 Å². The highest BCUT2D eigenvalue weighted by molar-refractivity contribution is 5.80. The Bertz CT molecular complexity index is 492. The van der Waals surface area contributed by atoms with Crippen molar-refractivity contribution < 1.29 is 14.3 Å². The molecule has 2 atom stereocenters. The van der Waals surface area contributed by atoms with E-state index in [4.69, 9.17) is 10.5 Å². The number of likely N-dealkylation sites (tertiary alicyclic amines) is 1. The summed E-state index contributed by atoms with van der Waals surface area (Å²) in [6.07, 6.45) is 2.77. The summed E-state index contributed by atoms with van der Waals surface area (Å²) in [5.41, 5.74) is 5.67. The van der Waals surface area contributed by atoms with Gasteiger partial charge in [-0.2, -0.15) is 0 Å². The third-order valence-electron chi connectivity index (χ3n) is 3.26. The molecule has 3 N–H and O–H groups in total. The summed E-state index contributed by atoms with van der Waals surface area (Å²) in [6, 6.07) is 0. The average molecular weight is 280 g/mol. The fourth-order valence-electron chi connectivity index (χ4n) is 2.35. The molecule has 1 aromatic heterocycles. The first-order valence-electron chi connectivity index (χ1n) is 6.53. The number of carbonyl (C=O) groups excluding carboxylic acids is 2. The van der Waals surface area contributed by atoms with Gasteiger partial charge in [0.05, 0.1) is 12.2 Å². The Morgan fingerprint density at radius 1 is 1.45 bits per heavy atom. The lowest BCUT2D eigenvalue weighted by molar-refractivity contribution is -0.121. The number of H-pyrrole nitrogens is 1. The van der Waals surface area contributed by atoms with Gasteiger partial charge < -0.3 is 20.4 Å². The molecular formula is C13H20N4O3. The van der Waals surface area contributed by atoms with E-state index in [1.165, 1.54) is 4.90 Å². The molecule has 1 aliphatic heterocycles. The molecule has 0 radical (unpaired) electrons. The van der Waals surface area contributed by atoms with Gasteiger partial charge in [-0.3, -0.25) is 4.79 Å². The molecule has 7 heteroatoms. The fourth-order valence-corrected chi connectivity index (χ4v) is 2.35. The SMILES string of the molecule is CC(C)(C)OC(=O)N1C[C@H](c2cnc[nH]2)[C@H](C(N)=O)C1. The van der Waals surface area contributed by atoms with Gasteiger partial charge in [-0.15, -0.1) is 0 Å². The average Bonchev–Trinajstić information content (AvgIpc) is 2.95. The van der Waals surface area contributed by atoms with Crippen molar-refractivity contribution in [2.45, 2.75) is 32.3 Å². The highest BCUT2D eigenvalue weighted by Crippen LogP contribution is 2.32. The zero-order valence-electron chi connectivity index (χ0n) is 11.9. The monoisotopic (exact) mass is 280 g/mol. The van der Waals surface area contributed by atoms with Crippen LogP contribution >= 0.6 is 0 Å². The number of nitrogens with zero attached hydrogens (tertiary/aromatic N) is 2. The van der Waals surface area contributed by atoms with Gasteiger partial charge in [0.2, 0.25) is 5.91 Å². The van der Waals surface area contributed by atoms with Crippen LogP contribution in [0.4, 0.5) is 4.79 Å². The van der Waals surface area contributed by atoms with Crippen LogP contribution in [0.25, 0.3) is 0 Å². The molecule has 2 rings (SSSR count). The van der Waals surface area contributed by atoms with Crippen molar-refractivity contribution in [1.82, 2.24) is 14.9 Å². The van der Waals surface area contributed by atoms with Crippen molar-refractivity contribution in [1.29, 1.82) is 0 Å². The number of aromatic nitrogens is 2. The quantitative estimate of drug-likeness (QED) is 0.838. The first-order valence-corrected chi connectivity index (χ1v) is 6.53. The van der Waals surface area contributed by atoms with Gasteiger partial charge in [-0.25, -0.2) is 9.78 Å². The van der Waals surface area contributed by atoms with Crippen LogP contribution in [0, 0.1) is 5.92 Å². The smallest absolute Gasteiger partial charge is 0.410 e. The summed E-state index contributed by atoms with van der Waals surface area (Å²) < 4.78 is 5.32. The van der Waals surface area contributed by atoms with Gasteiger partial charge in [0.15, 0.2) is 0 Å². The van der Waals surface area contributed by atoms with Crippen molar-refractivity contribution in [2.75, 3.05) is 13.1 Å². The number of primary amides is 1. The highest BCUT2D eigenvalue weighted by Gasteiger charge is 2.41. The molecule has 0 aromatic carbocycles. The van der Waals surface area contributed by atoms with Gasteiger partial charge in [-0.05, 0) is 20.8 Å². The predicted molar refractivity (Wildman–Crippen MR) is 71.8 cm³/mol. The molecule has 2 heterocycles. The van der Waals surface area contributed by atoms with E-state index in [1.54, 1.807) is 33.3 Å². The van der Waals surface area contributed by atoms with Crippen molar-refractivity contribution in [2.24, 2.45) is 11.7 Å². The molecular weight excluding hydrogens is 260 g/mol. The summed E-state index contributed by atoms with van der Waals surface area (Å²) in [4.78, 5) is 32.1. The van der Waals surface area contributed by atoms with E-state index in [1.807, 2.05) is 0 Å². The number of amides is 2. The van der Waals surface area contributed by atoms with Crippen LogP contribution in [0.15, 0.2) is 12.5 Å². The van der Waals surface area contributed by atoms with Crippen LogP contribution in [0.5, 0.6) is 0 Å². The number of nitrogens with one attached hydrogen (secondary N) is 1. The summed E-state index contributed by atoms with van der Waals surface area (Å²) in [7, 11) is 0. The van der Waals surface area contributed by atoms with Crippen LogP contribution in [0.2, 0.25) is 0 Å². The summed E-state index contributed by atoms with van der Waals surface area (Å²) in [5, 5.41) is 0. The molecule has 1 fully saturated rings. The standard InChI is InChI=1S/C13H20N4O3/c1-13(2,3)20-12(19)17-5-8(9(6-17)11(14)18)10-4-15-7-16-10/h4,7-9H,5-6H2,1-3H3,(H2,14,18)(H,15,16)/t8-,9+/m0/s1. The van der Waals surface area contributed by atoms with E-state index in [0.29, 0.717) is 6.54 Å². The van der Waals surface area contributed by atoms with E-state index in [9.17, 15) is 9.59 Å². The molecule has 0 spiro atoms. The molecule has 2 amide bonds. The van der Waals surface area contributed by atoms with Gasteiger partial charge >= 0.3 is 6.09 Å². The van der Waals surface area contributed by atoms with E-state index < -0.39 is 23.5 Å². The molecule has 1 aromatic rings. The summed E-state index contributed by atoms with van der Waals surface area (Å²) >= 11 is 0. The number of hydrogen-bond acceptors (Lipinski definition) is 4. The second kappa shape index (κ2) is 5.15. The normalized spacial score (nSPS) is 22.9. The second-order valence-corrected chi connectivity index (χ2v) is 6.01. The maximum atomic E-state index is 12.1. The largest absolute Gasteiger partial charge is 0.444 e. The van der Waals surface area contributed by atoms with Crippen LogP contribution in [-0.4, -0.2) is 45.6 Å². The summed E-state index contributed by atoms with van der Waals surface area (Å²) in [5.74, 6) is -1.01. The van der Waals surface area contributed by atoms with E-state index in [0.717, 1.165) is 5.69 Å². The maximum absolute atomic E-state index is 12.1. The van der Waals surface area contributed by atoms with Crippen LogP contribution < -0.4 is 5.73 Å². The number of imidazole rings is 1. The van der Waals surface area contributed by atoms with Gasteiger partial charge in [0.1, 0.15) is 5.60 Å². The number of aromatic amines is 1. The Hall–Kier alpha value is -2.05. The number of carbonyl (C=O) groups is 2. The van der Waals surface area contributed by atoms with E-state index in [2.05, 4.69) is 9.97 Å². The van der Waals surface area contributed by atoms with Crippen molar-refractivity contribution in [3.05, 3.63) is 18.2 Å². The fraction of sp³-hybridized carbons (Fsp3) is 0.615. The second-order valence-electron chi connectivity index (χ2n) is 6.01. The lowest BCUT2D eigenvalue weighted by Crippen LogP contribution is -2.36. The first kappa shape index (κ1) is 14.4. The molecule has 20 heavy (non-hydrogen) atoms. The number of rotatable bonds is 2. The molecule has 0 unspecified atom stereocenters. The van der Waals surface area contributed by atoms with Crippen LogP contribution in [0.1, 0.15) is 32.4 Å². The van der Waals surface area contributed by atoms with E-state index in [-0.39, 0.29) is 12.5 Å². The Labute approximate surface area is 117 Å². The molecule has 1 saturated heterocycles. The molecule has 7 nitrogen and oxygen atoms in total. The van der Waals surface area contributed by atoms with Crippen LogP contribution in [-0.2, 0) is 9.53 Å². The minimum Gasteiger partial charge on any atom is -0.444 e. The van der Waals surface area contributed by atoms with E-state index >= 15 is 0 Å². The topological polar surface area (TPSA) is 101 Å². The molecule has 0 aliphatic carbocycles. The van der Waals surface area contributed by atoms with Crippen LogP contribution in [0.3, 0.4) is 0 Å². The summed E-state index contributed by atoms with van der Waals surface area (Å²) in [6.45, 7) is 6.08. The predicted octanol–water partition coefficient (Wildman–Crippen LogP) is 0.845. The lowest BCUT2D eigenvalue weighted by atomic mass is 9.93. The zero-order chi connectivity index (χ0) is 14.9. The molecule has 110 valence electrons.